The molecule has 1 aromatic carbocycles. The van der Waals surface area contributed by atoms with Crippen molar-refractivity contribution in [3.05, 3.63) is 34.7 Å². The molecule has 0 aliphatic carbocycles. The van der Waals surface area contributed by atoms with E-state index in [1.165, 1.54) is 12.1 Å². The molecule has 0 spiro atoms. The van der Waals surface area contributed by atoms with Crippen LogP contribution in [-0.4, -0.2) is 18.1 Å². The molecule has 108 valence electrons. The van der Waals surface area contributed by atoms with Crippen molar-refractivity contribution in [2.75, 3.05) is 6.54 Å². The lowest BCUT2D eigenvalue weighted by atomic mass is 10.2. The summed E-state index contributed by atoms with van der Waals surface area (Å²) in [5, 5.41) is 3.04. The van der Waals surface area contributed by atoms with E-state index in [1.54, 1.807) is 23.5 Å². The van der Waals surface area contributed by atoms with E-state index in [-0.39, 0.29) is 5.75 Å². The maximum absolute atomic E-state index is 12.1. The van der Waals surface area contributed by atoms with Gasteiger partial charge in [0.05, 0.1) is 10.7 Å². The Morgan fingerprint density at radius 3 is 2.60 bits per heavy atom. The van der Waals surface area contributed by atoms with E-state index < -0.39 is 6.61 Å². The second-order valence-electron chi connectivity index (χ2n) is 4.28. The highest BCUT2D eigenvalue weighted by atomic mass is 32.1. The van der Waals surface area contributed by atoms with Crippen molar-refractivity contribution < 1.29 is 13.5 Å². The summed E-state index contributed by atoms with van der Waals surface area (Å²) >= 11 is 1.61. The number of halogens is 2. The van der Waals surface area contributed by atoms with Crippen LogP contribution in [-0.2, 0) is 6.42 Å². The molecule has 0 amide bonds. The van der Waals surface area contributed by atoms with Crippen LogP contribution in [0.5, 0.6) is 5.75 Å². The molecule has 0 aliphatic heterocycles. The molecule has 0 saturated carbocycles. The van der Waals surface area contributed by atoms with Crippen LogP contribution in [0.25, 0.3) is 11.3 Å². The number of ether oxygens (including phenoxy) is 1. The fourth-order valence-corrected chi connectivity index (χ4v) is 2.64. The molecule has 6 heteroatoms. The molecule has 0 saturated heterocycles. The van der Waals surface area contributed by atoms with E-state index in [9.17, 15) is 8.78 Å². The molecule has 2 rings (SSSR count). The zero-order valence-corrected chi connectivity index (χ0v) is 11.7. The first-order valence-corrected chi connectivity index (χ1v) is 7.26. The molecule has 2 N–H and O–H groups in total. The van der Waals surface area contributed by atoms with Gasteiger partial charge in [-0.25, -0.2) is 4.98 Å². The Balaban J connectivity index is 2.00. The van der Waals surface area contributed by atoms with Gasteiger partial charge in [-0.15, -0.1) is 11.3 Å². The highest BCUT2D eigenvalue weighted by molar-refractivity contribution is 7.09. The Labute approximate surface area is 120 Å². The summed E-state index contributed by atoms with van der Waals surface area (Å²) in [6.07, 6.45) is 2.95. The van der Waals surface area contributed by atoms with Crippen LogP contribution >= 0.6 is 11.3 Å². The lowest BCUT2D eigenvalue weighted by Crippen LogP contribution is -2.01. The van der Waals surface area contributed by atoms with Crippen LogP contribution in [0.2, 0.25) is 0 Å². The number of alkyl halides is 2. The Bertz CT molecular complexity index is 528. The number of aromatic nitrogens is 1. The molecule has 0 radical (unpaired) electrons. The number of benzene rings is 1. The largest absolute Gasteiger partial charge is 0.435 e. The van der Waals surface area contributed by atoms with E-state index >= 15 is 0 Å². The van der Waals surface area contributed by atoms with Gasteiger partial charge in [0.25, 0.3) is 0 Å². The summed E-state index contributed by atoms with van der Waals surface area (Å²) in [5.74, 6) is 0.155. The molecule has 0 fully saturated rings. The Morgan fingerprint density at radius 1 is 1.20 bits per heavy atom. The van der Waals surface area contributed by atoms with Crippen LogP contribution in [0.4, 0.5) is 8.78 Å². The van der Waals surface area contributed by atoms with Crippen molar-refractivity contribution in [3.63, 3.8) is 0 Å². The highest BCUT2D eigenvalue weighted by Gasteiger charge is 2.07. The minimum Gasteiger partial charge on any atom is -0.435 e. The van der Waals surface area contributed by atoms with Crippen LogP contribution in [0.15, 0.2) is 29.6 Å². The maximum Gasteiger partial charge on any atom is 0.387 e. The van der Waals surface area contributed by atoms with E-state index in [0.717, 1.165) is 35.5 Å². The van der Waals surface area contributed by atoms with Crippen LogP contribution < -0.4 is 10.5 Å². The second kappa shape index (κ2) is 7.31. The number of hydrogen-bond donors (Lipinski definition) is 1. The van der Waals surface area contributed by atoms with E-state index in [1.807, 2.05) is 5.38 Å². The summed E-state index contributed by atoms with van der Waals surface area (Å²) in [5.41, 5.74) is 7.21. The topological polar surface area (TPSA) is 48.1 Å². The molecule has 0 unspecified atom stereocenters. The molecule has 1 heterocycles. The van der Waals surface area contributed by atoms with Crippen molar-refractivity contribution in [2.45, 2.75) is 25.9 Å². The molecule has 20 heavy (non-hydrogen) atoms. The van der Waals surface area contributed by atoms with Gasteiger partial charge in [-0.2, -0.15) is 8.78 Å². The van der Waals surface area contributed by atoms with Crippen LogP contribution in [0.3, 0.4) is 0 Å². The predicted octanol–water partition coefficient (Wildman–Crippen LogP) is 3.69. The molecular formula is C14H16F2N2OS. The molecule has 0 aliphatic rings. The van der Waals surface area contributed by atoms with Gasteiger partial charge in [-0.3, -0.25) is 0 Å². The molecular weight excluding hydrogens is 282 g/mol. The van der Waals surface area contributed by atoms with Gasteiger partial charge in [0.15, 0.2) is 0 Å². The summed E-state index contributed by atoms with van der Waals surface area (Å²) in [6, 6.07) is 6.51. The van der Waals surface area contributed by atoms with Gasteiger partial charge < -0.3 is 10.5 Å². The van der Waals surface area contributed by atoms with Crippen LogP contribution in [0, 0.1) is 0 Å². The van der Waals surface area contributed by atoms with Gasteiger partial charge in [-0.05, 0) is 50.1 Å². The maximum atomic E-state index is 12.1. The predicted molar refractivity (Wildman–Crippen MR) is 76.2 cm³/mol. The standard InChI is InChI=1S/C14H16F2N2OS/c15-14(16)19-11-6-4-10(5-7-11)12-9-20-13(18-12)3-1-2-8-17/h4-7,9,14H,1-3,8,17H2. The molecule has 0 bridgehead atoms. The molecule has 0 atom stereocenters. The van der Waals surface area contributed by atoms with Crippen molar-refractivity contribution in [1.29, 1.82) is 0 Å². The Kier molecular flexibility index (Phi) is 5.43. The second-order valence-corrected chi connectivity index (χ2v) is 5.22. The molecule has 2 aromatic rings. The Morgan fingerprint density at radius 2 is 1.95 bits per heavy atom. The smallest absolute Gasteiger partial charge is 0.387 e. The average molecular weight is 298 g/mol. The van der Waals surface area contributed by atoms with Crippen molar-refractivity contribution in [2.24, 2.45) is 5.73 Å². The van der Waals surface area contributed by atoms with Gasteiger partial charge in [-0.1, -0.05) is 0 Å². The van der Waals surface area contributed by atoms with Crippen LogP contribution in [0.1, 0.15) is 17.8 Å². The number of nitrogens with zero attached hydrogens (tertiary/aromatic N) is 1. The first-order valence-electron chi connectivity index (χ1n) is 6.39. The summed E-state index contributed by atoms with van der Waals surface area (Å²) in [4.78, 5) is 4.53. The molecule has 1 aromatic heterocycles. The minimum atomic E-state index is -2.80. The summed E-state index contributed by atoms with van der Waals surface area (Å²) < 4.78 is 28.4. The van der Waals surface area contributed by atoms with E-state index in [4.69, 9.17) is 5.73 Å². The van der Waals surface area contributed by atoms with E-state index in [2.05, 4.69) is 9.72 Å². The zero-order chi connectivity index (χ0) is 14.4. The van der Waals surface area contributed by atoms with E-state index in [0.29, 0.717) is 6.54 Å². The van der Waals surface area contributed by atoms with Gasteiger partial charge in [0, 0.05) is 10.9 Å². The van der Waals surface area contributed by atoms with Gasteiger partial charge in [0.1, 0.15) is 5.75 Å². The first kappa shape index (κ1) is 14.9. The third-order valence-corrected chi connectivity index (χ3v) is 3.68. The molecule has 3 nitrogen and oxygen atoms in total. The minimum absolute atomic E-state index is 0.155. The fourth-order valence-electron chi connectivity index (χ4n) is 1.79. The number of thiazole rings is 1. The number of rotatable bonds is 7. The zero-order valence-electron chi connectivity index (χ0n) is 10.9. The number of aryl methyl sites for hydroxylation is 1. The van der Waals surface area contributed by atoms with Crippen molar-refractivity contribution in [3.8, 4) is 17.0 Å². The quantitative estimate of drug-likeness (QED) is 0.793. The normalized spacial score (nSPS) is 11.0. The SMILES string of the molecule is NCCCCc1nc(-c2ccc(OC(F)F)cc2)cs1. The summed E-state index contributed by atoms with van der Waals surface area (Å²) in [7, 11) is 0. The van der Waals surface area contributed by atoms with Gasteiger partial charge >= 0.3 is 6.61 Å². The fraction of sp³-hybridized carbons (Fsp3) is 0.357. The third-order valence-electron chi connectivity index (χ3n) is 2.77. The average Bonchev–Trinajstić information content (AvgIpc) is 2.88. The monoisotopic (exact) mass is 298 g/mol. The Hall–Kier alpha value is -1.53. The number of unbranched alkanes of at least 4 members (excludes halogenated alkanes) is 1. The lowest BCUT2D eigenvalue weighted by molar-refractivity contribution is -0.0498. The van der Waals surface area contributed by atoms with Crippen molar-refractivity contribution in [1.82, 2.24) is 4.98 Å². The van der Waals surface area contributed by atoms with Crippen molar-refractivity contribution >= 4 is 11.3 Å². The number of nitrogens with two attached hydrogens (primary N) is 1. The first-order chi connectivity index (χ1) is 9.69. The summed E-state index contributed by atoms with van der Waals surface area (Å²) in [6.45, 7) is -2.10. The highest BCUT2D eigenvalue weighted by Crippen LogP contribution is 2.25. The number of hydrogen-bond acceptors (Lipinski definition) is 4. The van der Waals surface area contributed by atoms with Gasteiger partial charge in [0.2, 0.25) is 0 Å². The third kappa shape index (κ3) is 4.25. The lowest BCUT2D eigenvalue weighted by Gasteiger charge is -2.04.